The van der Waals surface area contributed by atoms with E-state index in [2.05, 4.69) is 19.9 Å². The molecule has 0 atom stereocenters. The van der Waals surface area contributed by atoms with Crippen molar-refractivity contribution in [2.24, 2.45) is 0 Å². The summed E-state index contributed by atoms with van der Waals surface area (Å²) < 4.78 is 5.52. The highest BCUT2D eigenvalue weighted by Crippen LogP contribution is 2.37. The molecule has 17 heavy (non-hydrogen) atoms. The average molecular weight is 229 g/mol. The molecular formula is C15H19NO. The normalized spacial score (nSPS) is 14.0. The second kappa shape index (κ2) is 4.79. The standard InChI is InChI=1S/C15H19NO/c1-10-12-6-4-5-7-13(12)11(2)15(17-3)14(10)8-9-16/h4-8H2,1-3H3. The average Bonchev–Trinajstić information content (AvgIpc) is 2.36. The van der Waals surface area contributed by atoms with Crippen LogP contribution in [0.4, 0.5) is 0 Å². The van der Waals surface area contributed by atoms with Crippen LogP contribution in [-0.2, 0) is 19.3 Å². The van der Waals surface area contributed by atoms with E-state index in [9.17, 15) is 0 Å². The van der Waals surface area contributed by atoms with Gasteiger partial charge < -0.3 is 4.74 Å². The van der Waals surface area contributed by atoms with E-state index in [1.54, 1.807) is 7.11 Å². The van der Waals surface area contributed by atoms with E-state index in [0.29, 0.717) is 6.42 Å². The highest BCUT2D eigenvalue weighted by molar-refractivity contribution is 5.56. The van der Waals surface area contributed by atoms with Crippen molar-refractivity contribution >= 4 is 0 Å². The lowest BCUT2D eigenvalue weighted by atomic mass is 9.82. The fourth-order valence-electron chi connectivity index (χ4n) is 3.02. The van der Waals surface area contributed by atoms with Gasteiger partial charge in [-0.3, -0.25) is 0 Å². The third-order valence-corrected chi connectivity index (χ3v) is 3.90. The number of benzene rings is 1. The molecule has 0 saturated carbocycles. The Morgan fingerprint density at radius 1 is 1.12 bits per heavy atom. The summed E-state index contributed by atoms with van der Waals surface area (Å²) in [5, 5.41) is 8.95. The van der Waals surface area contributed by atoms with Gasteiger partial charge in [-0.05, 0) is 61.8 Å². The Bertz CT molecular complexity index is 483. The van der Waals surface area contributed by atoms with E-state index in [-0.39, 0.29) is 0 Å². The molecule has 2 nitrogen and oxygen atoms in total. The van der Waals surface area contributed by atoms with Gasteiger partial charge in [0.15, 0.2) is 0 Å². The number of hydrogen-bond donors (Lipinski definition) is 0. The van der Waals surface area contributed by atoms with Crippen molar-refractivity contribution in [3.63, 3.8) is 0 Å². The van der Waals surface area contributed by atoms with Gasteiger partial charge in [0.1, 0.15) is 5.75 Å². The van der Waals surface area contributed by atoms with Crippen LogP contribution < -0.4 is 4.74 Å². The second-order valence-corrected chi connectivity index (χ2v) is 4.76. The zero-order chi connectivity index (χ0) is 12.4. The summed E-state index contributed by atoms with van der Waals surface area (Å²) in [6, 6.07) is 2.25. The fourth-order valence-corrected chi connectivity index (χ4v) is 3.02. The van der Waals surface area contributed by atoms with E-state index in [4.69, 9.17) is 10.00 Å². The summed E-state index contributed by atoms with van der Waals surface area (Å²) in [7, 11) is 1.71. The van der Waals surface area contributed by atoms with Crippen LogP contribution in [-0.4, -0.2) is 7.11 Å². The zero-order valence-electron chi connectivity index (χ0n) is 10.9. The van der Waals surface area contributed by atoms with Gasteiger partial charge >= 0.3 is 0 Å². The minimum Gasteiger partial charge on any atom is -0.496 e. The lowest BCUT2D eigenvalue weighted by Crippen LogP contribution is -2.11. The Balaban J connectivity index is 2.68. The molecule has 0 amide bonds. The number of rotatable bonds is 2. The largest absolute Gasteiger partial charge is 0.496 e. The Kier molecular flexibility index (Phi) is 3.38. The Morgan fingerprint density at radius 3 is 2.24 bits per heavy atom. The molecule has 0 aromatic heterocycles. The van der Waals surface area contributed by atoms with Crippen LogP contribution in [0.2, 0.25) is 0 Å². The molecule has 0 bridgehead atoms. The molecular weight excluding hydrogens is 210 g/mol. The van der Waals surface area contributed by atoms with Crippen molar-refractivity contribution in [2.45, 2.75) is 46.0 Å². The van der Waals surface area contributed by atoms with Gasteiger partial charge in [-0.25, -0.2) is 0 Å². The fraction of sp³-hybridized carbons (Fsp3) is 0.533. The van der Waals surface area contributed by atoms with Crippen LogP contribution in [0.15, 0.2) is 0 Å². The molecule has 0 spiro atoms. The highest BCUT2D eigenvalue weighted by atomic mass is 16.5. The quantitative estimate of drug-likeness (QED) is 0.779. The summed E-state index contributed by atoms with van der Waals surface area (Å²) >= 11 is 0. The van der Waals surface area contributed by atoms with Crippen molar-refractivity contribution in [2.75, 3.05) is 7.11 Å². The van der Waals surface area contributed by atoms with Gasteiger partial charge in [0.25, 0.3) is 0 Å². The number of nitrogens with zero attached hydrogens (tertiary/aromatic N) is 1. The molecule has 1 aliphatic carbocycles. The molecule has 0 fully saturated rings. The second-order valence-electron chi connectivity index (χ2n) is 4.76. The first kappa shape index (κ1) is 12.0. The molecule has 2 rings (SSSR count). The van der Waals surface area contributed by atoms with E-state index < -0.39 is 0 Å². The van der Waals surface area contributed by atoms with Gasteiger partial charge in [0.05, 0.1) is 19.6 Å². The number of fused-ring (bicyclic) bond motifs is 1. The van der Waals surface area contributed by atoms with Crippen LogP contribution in [0.1, 0.15) is 40.7 Å². The van der Waals surface area contributed by atoms with Crippen molar-refractivity contribution in [3.05, 3.63) is 27.8 Å². The Morgan fingerprint density at radius 2 is 1.71 bits per heavy atom. The van der Waals surface area contributed by atoms with Crippen LogP contribution in [0, 0.1) is 25.2 Å². The first-order valence-corrected chi connectivity index (χ1v) is 6.25. The Labute approximate surface area is 103 Å². The van der Waals surface area contributed by atoms with Crippen LogP contribution in [0.25, 0.3) is 0 Å². The molecule has 1 aliphatic rings. The summed E-state index contributed by atoms with van der Waals surface area (Å²) in [6.07, 6.45) is 5.30. The van der Waals surface area contributed by atoms with E-state index in [0.717, 1.165) is 24.2 Å². The van der Waals surface area contributed by atoms with Gasteiger partial charge in [0, 0.05) is 5.56 Å². The lowest BCUT2D eigenvalue weighted by molar-refractivity contribution is 0.405. The van der Waals surface area contributed by atoms with Crippen molar-refractivity contribution in [1.82, 2.24) is 0 Å². The molecule has 0 N–H and O–H groups in total. The summed E-state index contributed by atoms with van der Waals surface area (Å²) in [6.45, 7) is 4.27. The molecule has 2 heteroatoms. The third kappa shape index (κ3) is 1.91. The number of methoxy groups -OCH3 is 1. The van der Waals surface area contributed by atoms with Gasteiger partial charge in [0.2, 0.25) is 0 Å². The first-order chi connectivity index (χ1) is 8.20. The summed E-state index contributed by atoms with van der Waals surface area (Å²) in [4.78, 5) is 0. The molecule has 90 valence electrons. The van der Waals surface area contributed by atoms with Gasteiger partial charge in [-0.15, -0.1) is 0 Å². The first-order valence-electron chi connectivity index (χ1n) is 6.25. The maximum Gasteiger partial charge on any atom is 0.126 e. The third-order valence-electron chi connectivity index (χ3n) is 3.90. The highest BCUT2D eigenvalue weighted by Gasteiger charge is 2.21. The predicted octanol–water partition coefficient (Wildman–Crippen LogP) is 3.26. The number of nitriles is 1. The zero-order valence-corrected chi connectivity index (χ0v) is 10.9. The predicted molar refractivity (Wildman–Crippen MR) is 68.4 cm³/mol. The maximum absolute atomic E-state index is 8.95. The Hall–Kier alpha value is -1.49. The molecule has 1 aromatic rings. The van der Waals surface area contributed by atoms with Crippen molar-refractivity contribution in [1.29, 1.82) is 5.26 Å². The minimum absolute atomic E-state index is 0.448. The molecule has 0 aliphatic heterocycles. The van der Waals surface area contributed by atoms with Crippen LogP contribution in [0.3, 0.4) is 0 Å². The summed E-state index contributed by atoms with van der Waals surface area (Å²) in [5.41, 5.74) is 6.56. The molecule has 0 radical (unpaired) electrons. The lowest BCUT2D eigenvalue weighted by Gasteiger charge is -2.25. The molecule has 1 aromatic carbocycles. The minimum atomic E-state index is 0.448. The van der Waals surface area contributed by atoms with Crippen LogP contribution in [0.5, 0.6) is 5.75 Å². The number of ether oxygens (including phenoxy) is 1. The molecule has 0 heterocycles. The molecule has 0 unspecified atom stereocenters. The van der Waals surface area contributed by atoms with E-state index in [1.165, 1.54) is 35.1 Å². The van der Waals surface area contributed by atoms with E-state index in [1.807, 2.05) is 0 Å². The van der Waals surface area contributed by atoms with Gasteiger partial charge in [-0.2, -0.15) is 5.26 Å². The van der Waals surface area contributed by atoms with E-state index >= 15 is 0 Å². The van der Waals surface area contributed by atoms with Gasteiger partial charge in [-0.1, -0.05) is 0 Å². The topological polar surface area (TPSA) is 33.0 Å². The van der Waals surface area contributed by atoms with Crippen molar-refractivity contribution < 1.29 is 4.74 Å². The number of hydrogen-bond acceptors (Lipinski definition) is 2. The maximum atomic E-state index is 8.95. The molecule has 0 saturated heterocycles. The smallest absolute Gasteiger partial charge is 0.126 e. The van der Waals surface area contributed by atoms with Crippen molar-refractivity contribution in [3.8, 4) is 11.8 Å². The van der Waals surface area contributed by atoms with Crippen LogP contribution >= 0.6 is 0 Å². The SMILES string of the molecule is COc1c(C)c2c(c(C)c1CC#N)CCCC2. The summed E-state index contributed by atoms with van der Waals surface area (Å²) in [5.74, 6) is 0.935. The monoisotopic (exact) mass is 229 g/mol.